The number of rotatable bonds is 45. The Morgan fingerprint density at radius 3 is 1.56 bits per heavy atom. The normalized spacial score (nSPS) is 14.6. The van der Waals surface area contributed by atoms with Gasteiger partial charge in [0.1, 0.15) is 54.4 Å². The van der Waals surface area contributed by atoms with E-state index in [4.69, 9.17) is 11.5 Å². The molecule has 34 heteroatoms. The van der Waals surface area contributed by atoms with Gasteiger partial charge in [0, 0.05) is 48.8 Å². The highest BCUT2D eigenvalue weighted by molar-refractivity contribution is 7.98. The first-order chi connectivity index (χ1) is 45.6. The number of H-pyrrole nitrogens is 2. The van der Waals surface area contributed by atoms with Crippen LogP contribution in [-0.2, 0) is 81.6 Å². The molecule has 11 atom stereocenters. The van der Waals surface area contributed by atoms with Crippen molar-refractivity contribution in [2.75, 3.05) is 43.9 Å². The van der Waals surface area contributed by atoms with Crippen LogP contribution in [0.4, 0.5) is 0 Å². The van der Waals surface area contributed by atoms with E-state index in [9.17, 15) is 67.4 Å². The molecule has 3 rings (SSSR count). The lowest BCUT2D eigenvalue weighted by molar-refractivity contribution is -0.141. The number of amides is 12. The van der Waals surface area contributed by atoms with Gasteiger partial charge in [0.2, 0.25) is 70.9 Å². The first-order valence-electron chi connectivity index (χ1n) is 31.9. The summed E-state index contributed by atoms with van der Waals surface area (Å²) in [6, 6.07) is -3.41. The van der Waals surface area contributed by atoms with Gasteiger partial charge in [-0.3, -0.25) is 57.5 Å². The van der Waals surface area contributed by atoms with Gasteiger partial charge in [-0.05, 0) is 87.3 Å². The van der Waals surface area contributed by atoms with Crippen LogP contribution in [0.25, 0.3) is 0 Å². The number of benzene rings is 1. The third-order valence-corrected chi connectivity index (χ3v) is 16.0. The molecule has 0 aliphatic heterocycles. The molecule has 0 aliphatic carbocycles. The second kappa shape index (κ2) is 43.4. The molecule has 0 bridgehead atoms. The zero-order valence-corrected chi connectivity index (χ0v) is 57.4. The number of carboxylic acid groups (broad SMARTS) is 1. The average molecular weight is 1380 g/mol. The Morgan fingerprint density at radius 1 is 0.531 bits per heavy atom. The number of unbranched alkanes of at least 4 members (excludes halogenated alkanes) is 1. The molecule has 12 amide bonds. The molecule has 0 saturated carbocycles. The second-order valence-corrected chi connectivity index (χ2v) is 25.4. The van der Waals surface area contributed by atoms with Crippen LogP contribution in [0.2, 0.25) is 0 Å². The molecule has 0 aliphatic rings. The van der Waals surface area contributed by atoms with E-state index in [-0.39, 0.29) is 69.1 Å². The molecule has 96 heavy (non-hydrogen) atoms. The number of imidazole rings is 2. The first-order valence-corrected chi connectivity index (χ1v) is 33.9. The zero-order chi connectivity index (χ0) is 71.4. The van der Waals surface area contributed by atoms with Crippen LogP contribution >= 0.6 is 24.4 Å². The van der Waals surface area contributed by atoms with Crippen LogP contribution in [0.15, 0.2) is 55.4 Å². The minimum Gasteiger partial charge on any atom is -0.480 e. The number of thiol groups is 1. The fourth-order valence-corrected chi connectivity index (χ4v) is 10.2. The topological polar surface area (TPSA) is 496 Å². The molecule has 0 unspecified atom stereocenters. The summed E-state index contributed by atoms with van der Waals surface area (Å²) >= 11 is 5.37. The number of nitrogens with two attached hydrogens (primary N) is 2. The van der Waals surface area contributed by atoms with Gasteiger partial charge < -0.3 is 90.3 Å². The smallest absolute Gasteiger partial charge is 0.327 e. The third kappa shape index (κ3) is 30.4. The van der Waals surface area contributed by atoms with Crippen molar-refractivity contribution in [2.24, 2.45) is 29.2 Å². The van der Waals surface area contributed by atoms with Crippen molar-refractivity contribution < 1.29 is 67.4 Å². The molecule has 3 aromatic rings. The Morgan fingerprint density at radius 2 is 1.01 bits per heavy atom. The minimum absolute atomic E-state index is 0.0362. The number of aromatic amines is 2. The highest BCUT2D eigenvalue weighted by Gasteiger charge is 2.35. The maximum absolute atomic E-state index is 14.4. The summed E-state index contributed by atoms with van der Waals surface area (Å²) < 4.78 is 0. The van der Waals surface area contributed by atoms with Crippen LogP contribution in [0.1, 0.15) is 110 Å². The lowest BCUT2D eigenvalue weighted by Crippen LogP contribution is -2.59. The van der Waals surface area contributed by atoms with E-state index in [1.54, 1.807) is 50.4 Å². The largest absolute Gasteiger partial charge is 0.480 e. The number of aliphatic carboxylic acids is 1. The molecule has 532 valence electrons. The molecular weight excluding hydrogens is 1280 g/mol. The predicted molar refractivity (Wildman–Crippen MR) is 361 cm³/mol. The van der Waals surface area contributed by atoms with Crippen molar-refractivity contribution in [1.29, 1.82) is 0 Å². The van der Waals surface area contributed by atoms with Gasteiger partial charge in [-0.2, -0.15) is 24.4 Å². The monoisotopic (exact) mass is 1380 g/mol. The number of carbonyl (C=O) groups excluding carboxylic acids is 12. The molecule has 2 aromatic heterocycles. The second-order valence-electron chi connectivity index (χ2n) is 24.1. The molecule has 1 aromatic carbocycles. The number of thioether (sulfide) groups is 1. The summed E-state index contributed by atoms with van der Waals surface area (Å²) in [5.74, 6) is -11.1. The maximum atomic E-state index is 14.4. The average Bonchev–Trinajstić information content (AvgIpc) is 1.72. The van der Waals surface area contributed by atoms with Gasteiger partial charge in [-0.1, -0.05) is 78.3 Å². The van der Waals surface area contributed by atoms with E-state index < -0.39 is 163 Å². The standard InChI is InChI=1S/C62H98N18O14S2/c1-9-36(6)52(61(92)78-47(25-40-27-66-33-71-40)56(87)68-28-49(81)67-29-50(82)73-42(17-13-14-19-63)57(88)74-43(18-20-96-8)58(89)79-48(31-95)62(93)94)80-51(83)30-69-55(86)44(21-34(2)3)76-60(91)46(23-38-15-11-10-12-16-38)77-59(90)45(22-35(4)5)75-53(84)37(7)72-54(85)41(64)24-39-26-65-32-70-39/h10-12,15-16,26-27,32-37,41-48,52,95H,9,13-14,17-25,28-31,63-64H2,1-8H3,(H,65,70)(H,66,71)(H,67,81)(H,68,87)(H,69,86)(H,72,85)(H,73,82)(H,74,88)(H,75,84)(H,76,91)(H,77,90)(H,78,92)(H,79,89)(H,80,83)(H,93,94)/t36-,37-,41-,42-,43-,44-,45-,46-,47-,48-,52-/m0/s1. The van der Waals surface area contributed by atoms with Crippen molar-refractivity contribution in [1.82, 2.24) is 83.7 Å². The fourth-order valence-electron chi connectivity index (χ4n) is 9.50. The molecule has 0 fully saturated rings. The lowest BCUT2D eigenvalue weighted by Gasteiger charge is -2.28. The summed E-state index contributed by atoms with van der Waals surface area (Å²) in [6.07, 6.45) is 9.11. The number of nitrogens with one attached hydrogen (secondary N) is 14. The van der Waals surface area contributed by atoms with Crippen molar-refractivity contribution in [3.8, 4) is 0 Å². The molecule has 0 saturated heterocycles. The quantitative estimate of drug-likeness (QED) is 0.0202. The number of carboxylic acids is 1. The van der Waals surface area contributed by atoms with Crippen LogP contribution in [0.3, 0.4) is 0 Å². The van der Waals surface area contributed by atoms with Gasteiger partial charge in [-0.15, -0.1) is 0 Å². The summed E-state index contributed by atoms with van der Waals surface area (Å²) in [5, 5.41) is 40.3. The Hall–Kier alpha value is -8.63. The van der Waals surface area contributed by atoms with Crippen LogP contribution in [-0.4, -0.2) is 206 Å². The first kappa shape index (κ1) is 81.6. The number of nitrogens with zero attached hydrogens (tertiary/aromatic N) is 2. The van der Waals surface area contributed by atoms with Gasteiger partial charge in [0.15, 0.2) is 0 Å². The Balaban J connectivity index is 1.70. The van der Waals surface area contributed by atoms with Crippen molar-refractivity contribution in [3.05, 3.63) is 72.3 Å². The molecule has 0 radical (unpaired) electrons. The van der Waals surface area contributed by atoms with Crippen molar-refractivity contribution in [2.45, 2.75) is 173 Å². The van der Waals surface area contributed by atoms with Crippen molar-refractivity contribution in [3.63, 3.8) is 0 Å². The number of hydrogen-bond acceptors (Lipinski definition) is 19. The fraction of sp³-hybridized carbons (Fsp3) is 0.597. The van der Waals surface area contributed by atoms with Crippen LogP contribution in [0, 0.1) is 17.8 Å². The highest BCUT2D eigenvalue weighted by Crippen LogP contribution is 2.14. The zero-order valence-electron chi connectivity index (χ0n) is 55.7. The number of carbonyl (C=O) groups is 13. The van der Waals surface area contributed by atoms with Crippen LogP contribution in [0.5, 0.6) is 0 Å². The SMILES string of the molecule is CC[C@H](C)[C@H](NC(=O)CNC(=O)[C@H](CC(C)C)NC(=O)[C@H](Cc1ccccc1)NC(=O)[C@H](CC(C)C)NC(=O)[C@H](C)NC(=O)[C@@H](N)Cc1cnc[nH]1)C(=O)N[C@@H](Cc1cnc[nH]1)C(=O)NCC(=O)NCC(=O)N[C@@H](CCCCN)C(=O)N[C@@H](CCSC)C(=O)N[C@@H](CS)C(=O)O. The predicted octanol–water partition coefficient (Wildman–Crippen LogP) is -2.75. The molecule has 0 spiro atoms. The van der Waals surface area contributed by atoms with Gasteiger partial charge in [0.05, 0.1) is 38.3 Å². The Bertz CT molecular complexity index is 3000. The van der Waals surface area contributed by atoms with E-state index >= 15 is 0 Å². The minimum atomic E-state index is -1.37. The van der Waals surface area contributed by atoms with Gasteiger partial charge >= 0.3 is 5.97 Å². The van der Waals surface area contributed by atoms with E-state index in [1.165, 1.54) is 43.7 Å². The van der Waals surface area contributed by atoms with Crippen LogP contribution < -0.4 is 75.3 Å². The summed E-state index contributed by atoms with van der Waals surface area (Å²) in [4.78, 5) is 189. The lowest BCUT2D eigenvalue weighted by atomic mass is 9.97. The summed E-state index contributed by atoms with van der Waals surface area (Å²) in [7, 11) is 0. The van der Waals surface area contributed by atoms with E-state index in [2.05, 4.69) is 96.4 Å². The molecule has 32 nitrogen and oxygen atoms in total. The third-order valence-electron chi connectivity index (χ3n) is 15.0. The van der Waals surface area contributed by atoms with E-state index in [1.807, 2.05) is 27.7 Å². The van der Waals surface area contributed by atoms with E-state index in [0.717, 1.165) is 0 Å². The number of aromatic nitrogens is 4. The van der Waals surface area contributed by atoms with E-state index in [0.29, 0.717) is 42.0 Å². The van der Waals surface area contributed by atoms with Gasteiger partial charge in [0.25, 0.3) is 0 Å². The highest BCUT2D eigenvalue weighted by atomic mass is 32.2. The molecular formula is C62H98N18O14S2. The number of hydrogen-bond donors (Lipinski definition) is 18. The molecule has 2 heterocycles. The maximum Gasteiger partial charge on any atom is 0.327 e. The Kier molecular flexibility index (Phi) is 36.9. The Labute approximate surface area is 568 Å². The summed E-state index contributed by atoms with van der Waals surface area (Å²) in [5.41, 5.74) is 13.4. The van der Waals surface area contributed by atoms with Crippen molar-refractivity contribution >= 4 is 101 Å². The summed E-state index contributed by atoms with van der Waals surface area (Å²) in [6.45, 7) is 10.4. The molecule has 19 N–H and O–H groups in total. The van der Waals surface area contributed by atoms with Gasteiger partial charge in [-0.25, -0.2) is 14.8 Å².